The zero-order valence-corrected chi connectivity index (χ0v) is 22.2. The first-order valence-electron chi connectivity index (χ1n) is 12.2. The van der Waals surface area contributed by atoms with Crippen molar-refractivity contribution in [3.63, 3.8) is 0 Å². The first-order chi connectivity index (χ1) is 19.9. The van der Waals surface area contributed by atoms with Crippen LogP contribution in [0.15, 0.2) is 67.3 Å². The molecule has 0 spiro atoms. The molecule has 9 nitrogen and oxygen atoms in total. The lowest BCUT2D eigenvalue weighted by Gasteiger charge is -2.17. The Morgan fingerprint density at radius 2 is 1.83 bits per heavy atom. The van der Waals surface area contributed by atoms with Gasteiger partial charge in [-0.15, -0.1) is 5.10 Å². The highest BCUT2D eigenvalue weighted by molar-refractivity contribution is 6.31. The number of primary amides is 1. The zero-order valence-electron chi connectivity index (χ0n) is 21.5. The zero-order chi connectivity index (χ0) is 30.3. The fourth-order valence-electron chi connectivity index (χ4n) is 4.50. The molecule has 2 N–H and O–H groups in total. The van der Waals surface area contributed by atoms with Crippen LogP contribution in [-0.4, -0.2) is 30.7 Å². The average Bonchev–Trinajstić information content (AvgIpc) is 3.62. The Hall–Kier alpha value is -4.85. The number of hydrogen-bond donors (Lipinski definition) is 1. The average molecular weight is 604 g/mol. The van der Waals surface area contributed by atoms with Gasteiger partial charge in [0.15, 0.2) is 17.7 Å². The lowest BCUT2D eigenvalue weighted by Crippen LogP contribution is -2.35. The number of aromatic nitrogens is 6. The van der Waals surface area contributed by atoms with E-state index in [9.17, 15) is 27.6 Å². The predicted octanol–water partition coefficient (Wildman–Crippen LogP) is 5.48. The number of alkyl halides is 3. The number of rotatable bonds is 7. The summed E-state index contributed by atoms with van der Waals surface area (Å²) in [4.78, 5) is 11.3. The van der Waals surface area contributed by atoms with Crippen molar-refractivity contribution in [1.82, 2.24) is 24.8 Å². The normalized spacial score (nSPS) is 12.5. The molecular weight excluding hydrogens is 585 g/mol. The molecule has 5 rings (SSSR count). The van der Waals surface area contributed by atoms with Crippen LogP contribution in [-0.2, 0) is 6.18 Å². The Bertz CT molecular complexity index is 1820. The number of carbonyl (C=O) groups is 1. The van der Waals surface area contributed by atoms with Crippen LogP contribution in [0.1, 0.15) is 41.1 Å². The van der Waals surface area contributed by atoms with Gasteiger partial charge >= 0.3 is 6.18 Å². The van der Waals surface area contributed by atoms with E-state index in [0.717, 1.165) is 23.0 Å². The minimum Gasteiger partial charge on any atom is -0.618 e. The van der Waals surface area contributed by atoms with Crippen molar-refractivity contribution < 1.29 is 31.5 Å². The molecule has 0 aliphatic heterocycles. The van der Waals surface area contributed by atoms with Crippen molar-refractivity contribution in [1.29, 1.82) is 0 Å². The minimum absolute atomic E-state index is 0.0221. The van der Waals surface area contributed by atoms with E-state index in [0.29, 0.717) is 28.5 Å². The number of carbonyl (C=O) groups excluding carboxylic acids is 1. The van der Waals surface area contributed by atoms with Crippen molar-refractivity contribution in [2.75, 3.05) is 0 Å². The summed E-state index contributed by atoms with van der Waals surface area (Å²) in [6.07, 6.45) is 0.353. The van der Waals surface area contributed by atoms with Gasteiger partial charge in [0.05, 0.1) is 39.8 Å². The van der Waals surface area contributed by atoms with E-state index in [1.165, 1.54) is 41.2 Å². The largest absolute Gasteiger partial charge is 0.618 e. The first kappa shape index (κ1) is 28.7. The van der Waals surface area contributed by atoms with E-state index in [1.54, 1.807) is 13.1 Å². The Morgan fingerprint density at radius 1 is 1.10 bits per heavy atom. The van der Waals surface area contributed by atoms with Crippen LogP contribution in [0.3, 0.4) is 0 Å². The van der Waals surface area contributed by atoms with E-state index in [4.69, 9.17) is 17.3 Å². The Morgan fingerprint density at radius 3 is 2.45 bits per heavy atom. The molecule has 0 aliphatic carbocycles. The van der Waals surface area contributed by atoms with Crippen LogP contribution in [0.5, 0.6) is 0 Å². The van der Waals surface area contributed by atoms with Gasteiger partial charge < -0.3 is 10.9 Å². The van der Waals surface area contributed by atoms with Crippen LogP contribution in [0.4, 0.5) is 22.0 Å². The summed E-state index contributed by atoms with van der Waals surface area (Å²) < 4.78 is 71.6. The molecule has 0 fully saturated rings. The molecule has 1 atom stereocenters. The number of halogens is 6. The van der Waals surface area contributed by atoms with Crippen molar-refractivity contribution >= 4 is 17.5 Å². The van der Waals surface area contributed by atoms with E-state index < -0.39 is 35.5 Å². The van der Waals surface area contributed by atoms with E-state index >= 15 is 4.39 Å². The Labute approximate surface area is 239 Å². The summed E-state index contributed by atoms with van der Waals surface area (Å²) in [6, 6.07) is 8.59. The van der Waals surface area contributed by atoms with Gasteiger partial charge in [-0.1, -0.05) is 29.8 Å². The van der Waals surface area contributed by atoms with Crippen LogP contribution in [0, 0.1) is 16.8 Å². The lowest BCUT2D eigenvalue weighted by molar-refractivity contribution is -0.615. The molecule has 1 amide bonds. The topological polar surface area (TPSA) is 119 Å². The number of nitrogens with zero attached hydrogens (tertiary/aromatic N) is 6. The highest BCUT2D eigenvalue weighted by Crippen LogP contribution is 2.35. The second kappa shape index (κ2) is 10.9. The number of amides is 1. The van der Waals surface area contributed by atoms with E-state index in [-0.39, 0.29) is 33.1 Å². The standard InChI is InChI=1S/C27H19ClF5N7O2/c1-2-20(38-11-16(10-35-38)14-3-5-17(26(34)41)19(29)9-14)21-7-4-15(12-40(21)42)24-22(8-6-18(28)25(24)30)39-13-23(36-37-39)27(31,32)33/h3-13,20H,2H2,1H3,(H2,34,41)/t20-/m0/s1. The maximum Gasteiger partial charge on any atom is 0.436 e. The lowest BCUT2D eigenvalue weighted by atomic mass is 10.0. The highest BCUT2D eigenvalue weighted by Gasteiger charge is 2.35. The van der Waals surface area contributed by atoms with Gasteiger partial charge in [-0.2, -0.15) is 23.0 Å². The minimum atomic E-state index is -4.77. The van der Waals surface area contributed by atoms with Crippen molar-refractivity contribution in [2.45, 2.75) is 25.6 Å². The molecule has 2 aromatic carbocycles. The molecule has 3 heterocycles. The highest BCUT2D eigenvalue weighted by atomic mass is 35.5. The third kappa shape index (κ3) is 5.28. The summed E-state index contributed by atoms with van der Waals surface area (Å²) in [5.74, 6) is -2.66. The SMILES string of the molecule is CC[C@@H](c1ccc(-c2c(-n3cc(C(F)(F)F)nn3)ccc(Cl)c2F)c[n+]1[O-])n1cc(-c2ccc(C(N)=O)c(F)c2)cn1. The molecule has 42 heavy (non-hydrogen) atoms. The van der Waals surface area contributed by atoms with Gasteiger partial charge in [-0.05, 0) is 42.3 Å². The summed E-state index contributed by atoms with van der Waals surface area (Å²) in [7, 11) is 0. The molecule has 0 radical (unpaired) electrons. The quantitative estimate of drug-likeness (QED) is 0.150. The fourth-order valence-corrected chi connectivity index (χ4v) is 4.66. The molecule has 0 aliphatic rings. The maximum atomic E-state index is 15.3. The second-order valence-corrected chi connectivity index (χ2v) is 9.57. The fraction of sp³-hybridized carbons (Fsp3) is 0.148. The van der Waals surface area contributed by atoms with Gasteiger partial charge in [-0.25, -0.2) is 13.5 Å². The second-order valence-electron chi connectivity index (χ2n) is 9.16. The van der Waals surface area contributed by atoms with Gasteiger partial charge in [0, 0.05) is 17.8 Å². The van der Waals surface area contributed by atoms with Gasteiger partial charge in [0.25, 0.3) is 5.91 Å². The summed E-state index contributed by atoms with van der Waals surface area (Å²) in [5, 5.41) is 23.8. The molecule has 5 aromatic rings. The maximum absolute atomic E-state index is 15.3. The molecule has 216 valence electrons. The first-order valence-corrected chi connectivity index (χ1v) is 12.6. The van der Waals surface area contributed by atoms with E-state index in [2.05, 4.69) is 15.4 Å². The monoisotopic (exact) mass is 603 g/mol. The van der Waals surface area contributed by atoms with Gasteiger partial charge in [-0.3, -0.25) is 9.48 Å². The van der Waals surface area contributed by atoms with Crippen LogP contribution >= 0.6 is 11.6 Å². The Kier molecular flexibility index (Phi) is 7.41. The number of hydrogen-bond acceptors (Lipinski definition) is 5. The van der Waals surface area contributed by atoms with Crippen molar-refractivity contribution in [2.24, 2.45) is 5.73 Å². The third-order valence-corrected chi connectivity index (χ3v) is 6.85. The molecule has 3 aromatic heterocycles. The molecule has 0 saturated heterocycles. The molecule has 0 saturated carbocycles. The molecule has 0 bridgehead atoms. The summed E-state index contributed by atoms with van der Waals surface area (Å²) in [5.41, 5.74) is 4.42. The van der Waals surface area contributed by atoms with Gasteiger partial charge in [0.2, 0.25) is 5.69 Å². The van der Waals surface area contributed by atoms with Crippen LogP contribution < -0.4 is 10.5 Å². The predicted molar refractivity (Wildman–Crippen MR) is 140 cm³/mol. The smallest absolute Gasteiger partial charge is 0.436 e. The Balaban J connectivity index is 1.51. The van der Waals surface area contributed by atoms with Crippen LogP contribution in [0.25, 0.3) is 27.9 Å². The summed E-state index contributed by atoms with van der Waals surface area (Å²) in [6.45, 7) is 1.80. The van der Waals surface area contributed by atoms with Crippen LogP contribution in [0.2, 0.25) is 5.02 Å². The van der Waals surface area contributed by atoms with Gasteiger partial charge in [0.1, 0.15) is 11.9 Å². The molecular formula is C27H19ClF5N7O2. The number of pyridine rings is 1. The summed E-state index contributed by atoms with van der Waals surface area (Å²) >= 11 is 5.97. The van der Waals surface area contributed by atoms with E-state index in [1.807, 2.05) is 0 Å². The third-order valence-electron chi connectivity index (χ3n) is 6.55. The number of nitrogens with two attached hydrogens (primary N) is 1. The van der Waals surface area contributed by atoms with Crippen molar-refractivity contribution in [3.05, 3.63) is 106 Å². The number of benzene rings is 2. The molecule has 0 unspecified atom stereocenters. The van der Waals surface area contributed by atoms with Crippen molar-refractivity contribution in [3.8, 4) is 27.9 Å². The molecule has 15 heteroatoms.